The average molecular weight is 244 g/mol. The van der Waals surface area contributed by atoms with Crippen molar-refractivity contribution in [3.05, 3.63) is 0 Å². The van der Waals surface area contributed by atoms with Crippen molar-refractivity contribution in [2.24, 2.45) is 5.92 Å². The molecule has 0 aromatic rings. The van der Waals surface area contributed by atoms with Crippen LogP contribution >= 0.6 is 0 Å². The lowest BCUT2D eigenvalue weighted by Gasteiger charge is -2.28. The highest BCUT2D eigenvalue weighted by Crippen LogP contribution is 2.16. The number of hydrogen-bond donors (Lipinski definition) is 2. The maximum atomic E-state index is 11.3. The first-order valence-electron chi connectivity index (χ1n) is 6.41. The highest BCUT2D eigenvalue weighted by Gasteiger charge is 2.32. The van der Waals surface area contributed by atoms with Gasteiger partial charge < -0.3 is 15.3 Å². The summed E-state index contributed by atoms with van der Waals surface area (Å²) in [6.07, 6.45) is 2.77. The van der Waals surface area contributed by atoms with Crippen LogP contribution in [0.1, 0.15) is 40.0 Å². The summed E-state index contributed by atoms with van der Waals surface area (Å²) in [6, 6.07) is 0. The summed E-state index contributed by atoms with van der Waals surface area (Å²) < 4.78 is 0. The normalized spacial score (nSPS) is 15.2. The Hall–Kier alpha value is -0.610. The van der Waals surface area contributed by atoms with Gasteiger partial charge in [0.1, 0.15) is 5.54 Å². The third kappa shape index (κ3) is 7.34. The molecule has 0 fully saturated rings. The Morgan fingerprint density at radius 3 is 2.35 bits per heavy atom. The fourth-order valence-corrected chi connectivity index (χ4v) is 1.97. The number of nitrogens with one attached hydrogen (secondary N) is 1. The van der Waals surface area contributed by atoms with E-state index < -0.39 is 11.5 Å². The molecule has 0 aliphatic rings. The first-order chi connectivity index (χ1) is 7.78. The van der Waals surface area contributed by atoms with Gasteiger partial charge in [-0.1, -0.05) is 13.8 Å². The molecule has 0 aliphatic heterocycles. The zero-order chi connectivity index (χ0) is 13.5. The van der Waals surface area contributed by atoms with Gasteiger partial charge in [0.05, 0.1) is 0 Å². The van der Waals surface area contributed by atoms with Gasteiger partial charge in [0.25, 0.3) is 0 Å². The Labute approximate surface area is 105 Å². The van der Waals surface area contributed by atoms with Crippen molar-refractivity contribution in [2.45, 2.75) is 45.6 Å². The van der Waals surface area contributed by atoms with E-state index in [1.54, 1.807) is 6.92 Å². The second kappa shape index (κ2) is 7.67. The fourth-order valence-electron chi connectivity index (χ4n) is 1.97. The van der Waals surface area contributed by atoms with Gasteiger partial charge in [0.2, 0.25) is 0 Å². The maximum absolute atomic E-state index is 11.3. The SMILES string of the molecule is CC(C)CC(C)(NCCCCN(C)C)C(=O)O. The summed E-state index contributed by atoms with van der Waals surface area (Å²) in [5, 5.41) is 12.4. The molecule has 0 heterocycles. The molecule has 0 saturated carbocycles. The summed E-state index contributed by atoms with van der Waals surface area (Å²) in [7, 11) is 4.10. The molecule has 1 atom stereocenters. The van der Waals surface area contributed by atoms with Crippen LogP contribution in [0.3, 0.4) is 0 Å². The Morgan fingerprint density at radius 2 is 1.94 bits per heavy atom. The maximum Gasteiger partial charge on any atom is 0.323 e. The van der Waals surface area contributed by atoms with Crippen molar-refractivity contribution in [3.8, 4) is 0 Å². The van der Waals surface area contributed by atoms with Crippen molar-refractivity contribution in [3.63, 3.8) is 0 Å². The molecule has 17 heavy (non-hydrogen) atoms. The molecule has 0 aromatic carbocycles. The van der Waals surface area contributed by atoms with E-state index in [4.69, 9.17) is 0 Å². The van der Waals surface area contributed by atoms with Gasteiger partial charge in [-0.15, -0.1) is 0 Å². The van der Waals surface area contributed by atoms with E-state index in [9.17, 15) is 9.90 Å². The van der Waals surface area contributed by atoms with Crippen LogP contribution in [0, 0.1) is 5.92 Å². The van der Waals surface area contributed by atoms with E-state index in [-0.39, 0.29) is 0 Å². The minimum atomic E-state index is -0.785. The van der Waals surface area contributed by atoms with E-state index in [1.165, 1.54) is 0 Å². The number of aliphatic carboxylic acids is 1. The quantitative estimate of drug-likeness (QED) is 0.607. The number of hydrogen-bond acceptors (Lipinski definition) is 3. The van der Waals surface area contributed by atoms with Crippen LogP contribution in [0.15, 0.2) is 0 Å². The molecule has 2 N–H and O–H groups in total. The molecule has 0 radical (unpaired) electrons. The standard InChI is InChI=1S/C13H28N2O2/c1-11(2)10-13(3,12(16)17)14-8-6-7-9-15(4)5/h11,14H,6-10H2,1-5H3,(H,16,17). The zero-order valence-electron chi connectivity index (χ0n) is 11.9. The Balaban J connectivity index is 3.97. The highest BCUT2D eigenvalue weighted by atomic mass is 16.4. The Morgan fingerprint density at radius 1 is 1.35 bits per heavy atom. The zero-order valence-corrected chi connectivity index (χ0v) is 11.9. The molecule has 4 nitrogen and oxygen atoms in total. The molecular formula is C13H28N2O2. The molecule has 0 saturated heterocycles. The van der Waals surface area contributed by atoms with Crippen LogP contribution in [0.5, 0.6) is 0 Å². The van der Waals surface area contributed by atoms with Gasteiger partial charge >= 0.3 is 5.97 Å². The number of nitrogens with zero attached hydrogens (tertiary/aromatic N) is 1. The van der Waals surface area contributed by atoms with Crippen LogP contribution in [-0.2, 0) is 4.79 Å². The average Bonchev–Trinajstić information content (AvgIpc) is 2.15. The molecule has 0 spiro atoms. The Kier molecular flexibility index (Phi) is 7.39. The van der Waals surface area contributed by atoms with Crippen molar-refractivity contribution in [2.75, 3.05) is 27.2 Å². The van der Waals surface area contributed by atoms with Crippen molar-refractivity contribution in [1.82, 2.24) is 10.2 Å². The van der Waals surface area contributed by atoms with E-state index in [2.05, 4.69) is 24.1 Å². The molecule has 0 amide bonds. The smallest absolute Gasteiger partial charge is 0.323 e. The first-order valence-corrected chi connectivity index (χ1v) is 6.41. The van der Waals surface area contributed by atoms with Gasteiger partial charge in [-0.2, -0.15) is 0 Å². The third-order valence-corrected chi connectivity index (χ3v) is 2.84. The fraction of sp³-hybridized carbons (Fsp3) is 0.923. The molecule has 102 valence electrons. The van der Waals surface area contributed by atoms with Crippen molar-refractivity contribution >= 4 is 5.97 Å². The van der Waals surface area contributed by atoms with Gasteiger partial charge in [-0.05, 0) is 59.3 Å². The molecular weight excluding hydrogens is 216 g/mol. The number of unbranched alkanes of at least 4 members (excludes halogenated alkanes) is 1. The first kappa shape index (κ1) is 16.4. The van der Waals surface area contributed by atoms with Crippen LogP contribution in [-0.4, -0.2) is 48.7 Å². The van der Waals surface area contributed by atoms with E-state index in [1.807, 2.05) is 14.1 Å². The topological polar surface area (TPSA) is 52.6 Å². The lowest BCUT2D eigenvalue weighted by Crippen LogP contribution is -2.50. The van der Waals surface area contributed by atoms with E-state index in [0.29, 0.717) is 12.3 Å². The van der Waals surface area contributed by atoms with Gasteiger partial charge in [0.15, 0.2) is 0 Å². The minimum absolute atomic E-state index is 0.380. The van der Waals surface area contributed by atoms with Crippen molar-refractivity contribution < 1.29 is 9.90 Å². The lowest BCUT2D eigenvalue weighted by atomic mass is 9.90. The Bertz CT molecular complexity index is 229. The summed E-state index contributed by atoms with van der Waals surface area (Å²) in [4.78, 5) is 13.4. The molecule has 0 rings (SSSR count). The molecule has 4 heteroatoms. The molecule has 0 aromatic heterocycles. The summed E-state index contributed by atoms with van der Waals surface area (Å²) in [5.41, 5.74) is -0.785. The number of carboxylic acids is 1. The van der Waals surface area contributed by atoms with Crippen molar-refractivity contribution in [1.29, 1.82) is 0 Å². The number of rotatable bonds is 9. The molecule has 1 unspecified atom stereocenters. The minimum Gasteiger partial charge on any atom is -0.480 e. The monoisotopic (exact) mass is 244 g/mol. The van der Waals surface area contributed by atoms with E-state index >= 15 is 0 Å². The molecule has 0 bridgehead atoms. The largest absolute Gasteiger partial charge is 0.480 e. The van der Waals surface area contributed by atoms with Crippen LogP contribution in [0.4, 0.5) is 0 Å². The third-order valence-electron chi connectivity index (χ3n) is 2.84. The van der Waals surface area contributed by atoms with Gasteiger partial charge in [0, 0.05) is 0 Å². The lowest BCUT2D eigenvalue weighted by molar-refractivity contribution is -0.144. The predicted molar refractivity (Wildman–Crippen MR) is 71.3 cm³/mol. The summed E-state index contributed by atoms with van der Waals surface area (Å²) in [5.74, 6) is -0.371. The number of carbonyl (C=O) groups is 1. The number of carboxylic acid groups (broad SMARTS) is 1. The van der Waals surface area contributed by atoms with Crippen LogP contribution < -0.4 is 5.32 Å². The summed E-state index contributed by atoms with van der Waals surface area (Å²) in [6.45, 7) is 7.70. The summed E-state index contributed by atoms with van der Waals surface area (Å²) >= 11 is 0. The molecule has 0 aliphatic carbocycles. The highest BCUT2D eigenvalue weighted by molar-refractivity contribution is 5.78. The van der Waals surface area contributed by atoms with Gasteiger partial charge in [-0.3, -0.25) is 4.79 Å². The van der Waals surface area contributed by atoms with Gasteiger partial charge in [-0.25, -0.2) is 0 Å². The van der Waals surface area contributed by atoms with Crippen LogP contribution in [0.2, 0.25) is 0 Å². The second-order valence-electron chi connectivity index (χ2n) is 5.67. The van der Waals surface area contributed by atoms with E-state index in [0.717, 1.165) is 25.9 Å². The predicted octanol–water partition coefficient (Wildman–Crippen LogP) is 1.81. The van der Waals surface area contributed by atoms with Crippen LogP contribution in [0.25, 0.3) is 0 Å². The second-order valence-corrected chi connectivity index (χ2v) is 5.67.